The number of nitrogens with zero attached hydrogens (tertiary/aromatic N) is 1. The van der Waals surface area contributed by atoms with Gasteiger partial charge in [0.15, 0.2) is 0 Å². The maximum Gasteiger partial charge on any atom is 0.336 e. The minimum absolute atomic E-state index is 0.0468. The van der Waals surface area contributed by atoms with Gasteiger partial charge >= 0.3 is 11.9 Å². The molecule has 2 aromatic carbocycles. The highest BCUT2D eigenvalue weighted by Gasteiger charge is 2.38. The molecule has 0 bridgehead atoms. The second kappa shape index (κ2) is 11.8. The highest BCUT2D eigenvalue weighted by Crippen LogP contribution is 2.40. The summed E-state index contributed by atoms with van der Waals surface area (Å²) in [5.41, 5.74) is 2.00. The van der Waals surface area contributed by atoms with Gasteiger partial charge < -0.3 is 24.8 Å². The van der Waals surface area contributed by atoms with E-state index in [-0.39, 0.29) is 36.0 Å². The van der Waals surface area contributed by atoms with Gasteiger partial charge in [-0.2, -0.15) is 0 Å². The van der Waals surface area contributed by atoms with Gasteiger partial charge in [0.05, 0.1) is 29.1 Å². The number of anilines is 1. The van der Waals surface area contributed by atoms with Crippen molar-refractivity contribution in [3.63, 3.8) is 0 Å². The van der Waals surface area contributed by atoms with Crippen LogP contribution in [0.4, 0.5) is 11.4 Å². The Balaban J connectivity index is 1.78. The summed E-state index contributed by atoms with van der Waals surface area (Å²) in [6, 6.07) is 12.4. The number of allylic oxidation sites excluding steroid dienone is 2. The SMILES string of the molecule is COC(=O)C1=C(C)NC(C)=C(C(=O)OCCOc2ccc(NC(C)=O)cc2)[C@H]1c1cccc([N+](=O)[O-])c1. The van der Waals surface area contributed by atoms with Crippen LogP contribution in [0, 0.1) is 10.1 Å². The van der Waals surface area contributed by atoms with Gasteiger partial charge in [0.1, 0.15) is 19.0 Å². The summed E-state index contributed by atoms with van der Waals surface area (Å²) >= 11 is 0. The molecule has 11 nitrogen and oxygen atoms in total. The Morgan fingerprint density at radius 2 is 1.65 bits per heavy atom. The molecule has 3 rings (SSSR count). The van der Waals surface area contributed by atoms with Crippen molar-refractivity contribution in [2.24, 2.45) is 0 Å². The van der Waals surface area contributed by atoms with Gasteiger partial charge in [0.2, 0.25) is 5.91 Å². The monoisotopic (exact) mass is 509 g/mol. The van der Waals surface area contributed by atoms with Crippen LogP contribution in [0.2, 0.25) is 0 Å². The fourth-order valence-corrected chi connectivity index (χ4v) is 4.01. The number of hydrogen-bond donors (Lipinski definition) is 2. The zero-order valence-electron chi connectivity index (χ0n) is 20.8. The van der Waals surface area contributed by atoms with Crippen molar-refractivity contribution in [1.29, 1.82) is 0 Å². The lowest BCUT2D eigenvalue weighted by atomic mass is 9.80. The van der Waals surface area contributed by atoms with Gasteiger partial charge in [-0.3, -0.25) is 14.9 Å². The van der Waals surface area contributed by atoms with Gasteiger partial charge in [-0.15, -0.1) is 0 Å². The van der Waals surface area contributed by atoms with Crippen LogP contribution in [0.1, 0.15) is 32.3 Å². The first-order chi connectivity index (χ1) is 17.6. The van der Waals surface area contributed by atoms with E-state index in [1.807, 2.05) is 0 Å². The number of rotatable bonds is 9. The minimum Gasteiger partial charge on any atom is -0.490 e. The summed E-state index contributed by atoms with van der Waals surface area (Å²) in [6.45, 7) is 4.68. The van der Waals surface area contributed by atoms with E-state index in [0.717, 1.165) is 0 Å². The van der Waals surface area contributed by atoms with E-state index in [9.17, 15) is 24.5 Å². The van der Waals surface area contributed by atoms with Crippen LogP contribution in [0.5, 0.6) is 5.75 Å². The van der Waals surface area contributed by atoms with Crippen LogP contribution in [-0.4, -0.2) is 43.1 Å². The van der Waals surface area contributed by atoms with E-state index in [2.05, 4.69) is 10.6 Å². The summed E-state index contributed by atoms with van der Waals surface area (Å²) in [7, 11) is 1.22. The minimum atomic E-state index is -0.941. The number of hydrogen-bond acceptors (Lipinski definition) is 9. The van der Waals surface area contributed by atoms with Crippen LogP contribution in [0.25, 0.3) is 0 Å². The standard InChI is InChI=1S/C26H27N3O8/c1-15-22(25(31)35-4)24(18-6-5-7-20(14-18)29(33)34)23(16(2)27-15)26(32)37-13-12-36-21-10-8-19(9-11-21)28-17(3)30/h5-11,14,24,27H,12-13H2,1-4H3,(H,28,30)/t24-/m0/s1. The second-order valence-electron chi connectivity index (χ2n) is 8.17. The highest BCUT2D eigenvalue weighted by atomic mass is 16.6. The molecule has 1 aliphatic rings. The van der Waals surface area contributed by atoms with E-state index >= 15 is 0 Å². The molecule has 1 heterocycles. The number of carbonyl (C=O) groups is 3. The number of ether oxygens (including phenoxy) is 3. The Hall–Kier alpha value is -4.67. The molecule has 0 unspecified atom stereocenters. The molecule has 0 aliphatic carbocycles. The molecule has 0 aromatic heterocycles. The van der Waals surface area contributed by atoms with Crippen LogP contribution in [0.3, 0.4) is 0 Å². The van der Waals surface area contributed by atoms with Gasteiger partial charge in [-0.25, -0.2) is 9.59 Å². The van der Waals surface area contributed by atoms with Crippen molar-refractivity contribution in [2.45, 2.75) is 26.7 Å². The fourth-order valence-electron chi connectivity index (χ4n) is 4.01. The Morgan fingerprint density at radius 3 is 2.24 bits per heavy atom. The number of dihydropyridines is 1. The third kappa shape index (κ3) is 6.51. The predicted octanol–water partition coefficient (Wildman–Crippen LogP) is 3.58. The molecule has 0 saturated heterocycles. The third-order valence-corrected chi connectivity index (χ3v) is 5.56. The first-order valence-corrected chi connectivity index (χ1v) is 11.3. The topological polar surface area (TPSA) is 146 Å². The summed E-state index contributed by atoms with van der Waals surface area (Å²) < 4.78 is 16.0. The summed E-state index contributed by atoms with van der Waals surface area (Å²) in [5.74, 6) is -2.00. The largest absolute Gasteiger partial charge is 0.490 e. The summed E-state index contributed by atoms with van der Waals surface area (Å²) in [4.78, 5) is 47.8. The number of nitro benzene ring substituents is 1. The zero-order valence-corrected chi connectivity index (χ0v) is 20.8. The normalized spacial score (nSPS) is 15.0. The van der Waals surface area contributed by atoms with Gasteiger partial charge in [-0.05, 0) is 43.7 Å². The van der Waals surface area contributed by atoms with Crippen LogP contribution in [-0.2, 0) is 23.9 Å². The maximum absolute atomic E-state index is 13.2. The molecule has 11 heteroatoms. The Kier molecular flexibility index (Phi) is 8.62. The van der Waals surface area contributed by atoms with E-state index in [0.29, 0.717) is 28.4 Å². The molecule has 0 radical (unpaired) electrons. The molecule has 0 spiro atoms. The van der Waals surface area contributed by atoms with Crippen molar-refractivity contribution >= 4 is 29.2 Å². The van der Waals surface area contributed by atoms with Gasteiger partial charge in [0.25, 0.3) is 5.69 Å². The van der Waals surface area contributed by atoms with E-state index in [4.69, 9.17) is 14.2 Å². The van der Waals surface area contributed by atoms with Crippen molar-refractivity contribution in [3.8, 4) is 5.75 Å². The van der Waals surface area contributed by atoms with Crippen molar-refractivity contribution in [1.82, 2.24) is 5.32 Å². The lowest BCUT2D eigenvalue weighted by molar-refractivity contribution is -0.384. The molecular weight excluding hydrogens is 482 g/mol. The molecule has 0 saturated carbocycles. The molecule has 194 valence electrons. The average Bonchev–Trinajstić information content (AvgIpc) is 2.86. The smallest absolute Gasteiger partial charge is 0.336 e. The molecule has 37 heavy (non-hydrogen) atoms. The second-order valence-corrected chi connectivity index (χ2v) is 8.17. The number of nitrogens with one attached hydrogen (secondary N) is 2. The number of amides is 1. The van der Waals surface area contributed by atoms with E-state index in [1.54, 1.807) is 44.2 Å². The molecule has 2 aromatic rings. The number of esters is 2. The van der Waals surface area contributed by atoms with Crippen molar-refractivity contribution < 1.29 is 33.5 Å². The van der Waals surface area contributed by atoms with E-state index in [1.165, 1.54) is 32.2 Å². The van der Waals surface area contributed by atoms with Gasteiger partial charge in [-0.1, -0.05) is 12.1 Å². The van der Waals surface area contributed by atoms with Crippen molar-refractivity contribution in [3.05, 3.63) is 86.7 Å². The first-order valence-electron chi connectivity index (χ1n) is 11.3. The van der Waals surface area contributed by atoms with Crippen LogP contribution < -0.4 is 15.4 Å². The Morgan fingerprint density at radius 1 is 1.00 bits per heavy atom. The number of carbonyl (C=O) groups excluding carboxylic acids is 3. The molecule has 1 aliphatic heterocycles. The quantitative estimate of drug-likeness (QED) is 0.224. The zero-order chi connectivity index (χ0) is 27.1. The molecule has 0 fully saturated rings. The molecule has 2 N–H and O–H groups in total. The average molecular weight is 510 g/mol. The number of non-ortho nitro benzene ring substituents is 1. The Bertz CT molecular complexity index is 1280. The molecular formula is C26H27N3O8. The van der Waals surface area contributed by atoms with Crippen LogP contribution >= 0.6 is 0 Å². The summed E-state index contributed by atoms with van der Waals surface area (Å²) in [6.07, 6.45) is 0. The number of nitro groups is 1. The lowest BCUT2D eigenvalue weighted by Crippen LogP contribution is -2.32. The Labute approximate surface area is 213 Å². The number of benzene rings is 2. The van der Waals surface area contributed by atoms with Crippen LogP contribution in [0.15, 0.2) is 71.1 Å². The number of methoxy groups -OCH3 is 1. The predicted molar refractivity (Wildman–Crippen MR) is 134 cm³/mol. The fraction of sp³-hybridized carbons (Fsp3) is 0.269. The molecule has 1 atom stereocenters. The summed E-state index contributed by atoms with van der Waals surface area (Å²) in [5, 5.41) is 17.0. The lowest BCUT2D eigenvalue weighted by Gasteiger charge is -2.30. The maximum atomic E-state index is 13.2. The van der Waals surface area contributed by atoms with E-state index < -0.39 is 22.8 Å². The molecule has 1 amide bonds. The third-order valence-electron chi connectivity index (χ3n) is 5.56. The van der Waals surface area contributed by atoms with Crippen molar-refractivity contribution in [2.75, 3.05) is 25.6 Å². The first kappa shape index (κ1) is 26.9. The van der Waals surface area contributed by atoms with Gasteiger partial charge in [0, 0.05) is 36.1 Å². The highest BCUT2D eigenvalue weighted by molar-refractivity contribution is 6.00.